The van der Waals surface area contributed by atoms with E-state index in [9.17, 15) is 4.79 Å². The molecule has 17 heavy (non-hydrogen) atoms. The van der Waals surface area contributed by atoms with Gasteiger partial charge < -0.3 is 19.3 Å². The summed E-state index contributed by atoms with van der Waals surface area (Å²) in [5.74, 6) is 0.0593. The zero-order chi connectivity index (χ0) is 12.9. The molecule has 1 unspecified atom stereocenters. The van der Waals surface area contributed by atoms with Gasteiger partial charge in [-0.05, 0) is 31.2 Å². The molecule has 94 valence electrons. The molecule has 0 amide bonds. The van der Waals surface area contributed by atoms with Crippen molar-refractivity contribution in [3.8, 4) is 11.5 Å². The third kappa shape index (κ3) is 3.35. The van der Waals surface area contributed by atoms with E-state index in [0.29, 0.717) is 11.5 Å². The third-order valence-corrected chi connectivity index (χ3v) is 2.27. The van der Waals surface area contributed by atoms with Gasteiger partial charge in [0.25, 0.3) is 0 Å². The van der Waals surface area contributed by atoms with Crippen LogP contribution in [0.3, 0.4) is 0 Å². The fourth-order valence-electron chi connectivity index (χ4n) is 1.31. The van der Waals surface area contributed by atoms with Crippen molar-refractivity contribution in [2.24, 2.45) is 0 Å². The minimum absolute atomic E-state index is 0.0334. The van der Waals surface area contributed by atoms with E-state index in [0.717, 1.165) is 0 Å². The van der Waals surface area contributed by atoms with Crippen LogP contribution in [0.5, 0.6) is 11.5 Å². The van der Waals surface area contributed by atoms with Gasteiger partial charge in [0.15, 0.2) is 0 Å². The Kier molecular flexibility index (Phi) is 4.34. The van der Waals surface area contributed by atoms with Gasteiger partial charge in [0.05, 0.1) is 13.7 Å². The lowest BCUT2D eigenvalue weighted by atomic mass is 10.1. The number of benzene rings is 1. The lowest BCUT2D eigenvalue weighted by molar-refractivity contribution is -0.158. The Morgan fingerprint density at radius 1 is 1.24 bits per heavy atom. The lowest BCUT2D eigenvalue weighted by Gasteiger charge is -2.25. The SMILES string of the molecule is COCC(C)(Oc1ccc(OC)cc1)C(=O)O. The van der Waals surface area contributed by atoms with E-state index in [1.165, 1.54) is 14.0 Å². The second-order valence-corrected chi connectivity index (χ2v) is 3.75. The second-order valence-electron chi connectivity index (χ2n) is 3.75. The molecule has 0 aromatic heterocycles. The van der Waals surface area contributed by atoms with Gasteiger partial charge in [-0.25, -0.2) is 4.79 Å². The molecule has 1 rings (SSSR count). The van der Waals surface area contributed by atoms with E-state index in [-0.39, 0.29) is 6.61 Å². The van der Waals surface area contributed by atoms with Crippen LogP contribution in [0.1, 0.15) is 6.92 Å². The Hall–Kier alpha value is -1.75. The van der Waals surface area contributed by atoms with Gasteiger partial charge in [0, 0.05) is 7.11 Å². The number of hydrogen-bond donors (Lipinski definition) is 1. The summed E-state index contributed by atoms with van der Waals surface area (Å²) in [6, 6.07) is 6.69. The predicted molar refractivity (Wildman–Crippen MR) is 61.5 cm³/mol. The molecule has 0 radical (unpaired) electrons. The van der Waals surface area contributed by atoms with Crippen LogP contribution >= 0.6 is 0 Å². The number of carboxylic acids is 1. The highest BCUT2D eigenvalue weighted by molar-refractivity contribution is 5.77. The van der Waals surface area contributed by atoms with Crippen LogP contribution in [0.15, 0.2) is 24.3 Å². The zero-order valence-electron chi connectivity index (χ0n) is 10.1. The number of hydrogen-bond acceptors (Lipinski definition) is 4. The molecule has 1 atom stereocenters. The molecule has 0 saturated heterocycles. The van der Waals surface area contributed by atoms with Crippen LogP contribution in [0.4, 0.5) is 0 Å². The summed E-state index contributed by atoms with van der Waals surface area (Å²) in [4.78, 5) is 11.1. The molecule has 0 spiro atoms. The normalized spacial score (nSPS) is 13.8. The van der Waals surface area contributed by atoms with Crippen molar-refractivity contribution >= 4 is 5.97 Å². The highest BCUT2D eigenvalue weighted by Gasteiger charge is 2.35. The number of carboxylic acid groups (broad SMARTS) is 1. The maximum Gasteiger partial charge on any atom is 0.350 e. The van der Waals surface area contributed by atoms with Gasteiger partial charge in [0.2, 0.25) is 5.60 Å². The van der Waals surface area contributed by atoms with Gasteiger partial charge in [-0.1, -0.05) is 0 Å². The van der Waals surface area contributed by atoms with Gasteiger partial charge >= 0.3 is 5.97 Å². The van der Waals surface area contributed by atoms with Crippen LogP contribution in [0, 0.1) is 0 Å². The molecule has 0 aliphatic heterocycles. The molecule has 0 heterocycles. The summed E-state index contributed by atoms with van der Waals surface area (Å²) in [5, 5.41) is 9.10. The predicted octanol–water partition coefficient (Wildman–Crippen LogP) is 1.56. The molecule has 1 aromatic carbocycles. The van der Waals surface area contributed by atoms with Crippen LogP contribution in [-0.4, -0.2) is 37.5 Å². The van der Waals surface area contributed by atoms with E-state index in [1.807, 2.05) is 0 Å². The summed E-state index contributed by atoms with van der Waals surface area (Å²) in [6.07, 6.45) is 0. The van der Waals surface area contributed by atoms with Crippen LogP contribution in [0.2, 0.25) is 0 Å². The fraction of sp³-hybridized carbons (Fsp3) is 0.417. The molecule has 5 heteroatoms. The molecule has 1 N–H and O–H groups in total. The number of methoxy groups -OCH3 is 2. The first kappa shape index (κ1) is 13.3. The topological polar surface area (TPSA) is 65.0 Å². The Bertz CT molecular complexity index is 373. The average Bonchev–Trinajstić information content (AvgIpc) is 2.30. The first-order valence-corrected chi connectivity index (χ1v) is 5.07. The van der Waals surface area contributed by atoms with E-state index in [2.05, 4.69) is 0 Å². The number of rotatable bonds is 6. The largest absolute Gasteiger partial charge is 0.497 e. The second kappa shape index (κ2) is 5.54. The average molecular weight is 240 g/mol. The molecule has 0 saturated carbocycles. The summed E-state index contributed by atoms with van der Waals surface area (Å²) in [6.45, 7) is 1.43. The zero-order valence-corrected chi connectivity index (χ0v) is 10.1. The van der Waals surface area contributed by atoms with E-state index in [1.54, 1.807) is 31.4 Å². The van der Waals surface area contributed by atoms with Crippen molar-refractivity contribution in [1.82, 2.24) is 0 Å². The maximum atomic E-state index is 11.1. The fourth-order valence-corrected chi connectivity index (χ4v) is 1.31. The molecule has 0 aliphatic carbocycles. The molecular weight excluding hydrogens is 224 g/mol. The molecule has 0 fully saturated rings. The van der Waals surface area contributed by atoms with Crippen molar-refractivity contribution in [1.29, 1.82) is 0 Å². The van der Waals surface area contributed by atoms with Gasteiger partial charge in [-0.2, -0.15) is 0 Å². The van der Waals surface area contributed by atoms with Crippen molar-refractivity contribution in [2.45, 2.75) is 12.5 Å². The van der Waals surface area contributed by atoms with Crippen molar-refractivity contribution in [3.63, 3.8) is 0 Å². The summed E-state index contributed by atoms with van der Waals surface area (Å²) < 4.78 is 15.3. The van der Waals surface area contributed by atoms with Crippen LogP contribution < -0.4 is 9.47 Å². The Balaban J connectivity index is 2.82. The van der Waals surface area contributed by atoms with Crippen molar-refractivity contribution < 1.29 is 24.1 Å². The highest BCUT2D eigenvalue weighted by atomic mass is 16.6. The maximum absolute atomic E-state index is 11.1. The van der Waals surface area contributed by atoms with Crippen LogP contribution in [0.25, 0.3) is 0 Å². The summed E-state index contributed by atoms with van der Waals surface area (Å²) in [5.41, 5.74) is -1.40. The monoisotopic (exact) mass is 240 g/mol. The summed E-state index contributed by atoms with van der Waals surface area (Å²) in [7, 11) is 2.99. The highest BCUT2D eigenvalue weighted by Crippen LogP contribution is 2.22. The van der Waals surface area contributed by atoms with E-state index in [4.69, 9.17) is 19.3 Å². The first-order chi connectivity index (χ1) is 8.01. The number of aliphatic carboxylic acids is 1. The minimum atomic E-state index is -1.40. The quantitative estimate of drug-likeness (QED) is 0.817. The molecular formula is C12H16O5. The molecule has 5 nitrogen and oxygen atoms in total. The Morgan fingerprint density at radius 2 is 1.76 bits per heavy atom. The third-order valence-electron chi connectivity index (χ3n) is 2.27. The van der Waals surface area contributed by atoms with Gasteiger partial charge in [-0.15, -0.1) is 0 Å². The number of ether oxygens (including phenoxy) is 3. The Labute approximate surface area is 99.9 Å². The van der Waals surface area contributed by atoms with Gasteiger partial charge in [-0.3, -0.25) is 0 Å². The van der Waals surface area contributed by atoms with Crippen molar-refractivity contribution in [3.05, 3.63) is 24.3 Å². The number of carbonyl (C=O) groups is 1. The molecule has 1 aromatic rings. The minimum Gasteiger partial charge on any atom is -0.497 e. The van der Waals surface area contributed by atoms with Gasteiger partial charge in [0.1, 0.15) is 11.5 Å². The molecule has 0 bridgehead atoms. The lowest BCUT2D eigenvalue weighted by Crippen LogP contribution is -2.45. The summed E-state index contributed by atoms with van der Waals surface area (Å²) >= 11 is 0. The van der Waals surface area contributed by atoms with Crippen LogP contribution in [-0.2, 0) is 9.53 Å². The molecule has 0 aliphatic rings. The smallest absolute Gasteiger partial charge is 0.350 e. The van der Waals surface area contributed by atoms with E-state index < -0.39 is 11.6 Å². The van der Waals surface area contributed by atoms with Crippen molar-refractivity contribution in [2.75, 3.05) is 20.8 Å². The Morgan fingerprint density at radius 3 is 2.18 bits per heavy atom. The van der Waals surface area contributed by atoms with E-state index >= 15 is 0 Å². The first-order valence-electron chi connectivity index (χ1n) is 5.07. The standard InChI is InChI=1S/C12H16O5/c1-12(8-15-2,11(13)14)17-10-6-4-9(16-3)5-7-10/h4-7H,8H2,1-3H3,(H,13,14).